The van der Waals surface area contributed by atoms with Crippen LogP contribution in [-0.2, 0) is 17.6 Å². The molecule has 0 radical (unpaired) electrons. The minimum atomic E-state index is -0.739. The highest BCUT2D eigenvalue weighted by Crippen LogP contribution is 2.39. The highest BCUT2D eigenvalue weighted by atomic mass is 19.1. The molecule has 31 heavy (non-hydrogen) atoms. The molecule has 2 heterocycles. The van der Waals surface area contributed by atoms with Crippen molar-refractivity contribution in [1.82, 2.24) is 10.3 Å². The summed E-state index contributed by atoms with van der Waals surface area (Å²) in [5, 5.41) is 13.9. The van der Waals surface area contributed by atoms with Crippen molar-refractivity contribution in [2.75, 3.05) is 18.0 Å². The normalized spacial score (nSPS) is 21.1. The molecule has 7 nitrogen and oxygen atoms in total. The van der Waals surface area contributed by atoms with Gasteiger partial charge in [0.1, 0.15) is 5.82 Å². The lowest BCUT2D eigenvalue weighted by Crippen LogP contribution is -2.52. The van der Waals surface area contributed by atoms with Crippen LogP contribution in [0.1, 0.15) is 54.2 Å². The van der Waals surface area contributed by atoms with Crippen LogP contribution in [0.25, 0.3) is 10.9 Å². The fraction of sp³-hybridized carbons (Fsp3) is 0.478. The number of piperidine rings is 1. The number of carbonyl (C=O) groups excluding carboxylic acids is 2. The van der Waals surface area contributed by atoms with Crippen molar-refractivity contribution < 1.29 is 19.1 Å². The van der Waals surface area contributed by atoms with Gasteiger partial charge in [-0.25, -0.2) is 4.39 Å². The van der Waals surface area contributed by atoms with Crippen LogP contribution >= 0.6 is 0 Å². The quantitative estimate of drug-likeness (QED) is 0.443. The van der Waals surface area contributed by atoms with Crippen LogP contribution in [0.5, 0.6) is 0 Å². The van der Waals surface area contributed by atoms with Gasteiger partial charge in [-0.15, -0.1) is 0 Å². The SMILES string of the molecule is CC#CC(=O)N[C@H]1C[C@@H](O)CN(c2c(F)cc(C(N)=O)c3[nH]c4c(c23)CCCCC4)C1. The Morgan fingerprint density at radius 3 is 2.81 bits per heavy atom. The minimum absolute atomic E-state index is 0.130. The number of aliphatic hydroxyl groups excluding tert-OH is 1. The van der Waals surface area contributed by atoms with Crippen LogP contribution in [0, 0.1) is 17.7 Å². The Bertz CT molecular complexity index is 1100. The first-order chi connectivity index (χ1) is 14.9. The number of aromatic nitrogens is 1. The van der Waals surface area contributed by atoms with E-state index in [4.69, 9.17) is 5.73 Å². The molecule has 1 aliphatic carbocycles. The summed E-state index contributed by atoms with van der Waals surface area (Å²) in [7, 11) is 0. The average Bonchev–Trinajstić information content (AvgIpc) is 2.89. The highest BCUT2D eigenvalue weighted by molar-refractivity contribution is 6.10. The fourth-order valence-corrected chi connectivity index (χ4v) is 4.91. The van der Waals surface area contributed by atoms with Crippen LogP contribution in [-0.4, -0.2) is 47.1 Å². The standard InChI is InChI=1S/C23H27FN4O3/c1-2-6-19(30)26-13-9-14(29)12-28(11-13)22-17(24)10-16(23(25)31)21-20(22)15-7-4-3-5-8-18(15)27-21/h10,13-14,27,29H,3-5,7-9,11-12H2,1H3,(H2,25,31)(H,26,30)/t13-,14+/m0/s1. The van der Waals surface area contributed by atoms with Crippen molar-refractivity contribution in [3.8, 4) is 11.8 Å². The molecule has 0 spiro atoms. The number of amides is 2. The van der Waals surface area contributed by atoms with Crippen molar-refractivity contribution in [2.45, 2.75) is 57.6 Å². The van der Waals surface area contributed by atoms with Gasteiger partial charge in [-0.1, -0.05) is 12.3 Å². The van der Waals surface area contributed by atoms with E-state index in [2.05, 4.69) is 22.1 Å². The summed E-state index contributed by atoms with van der Waals surface area (Å²) in [6.07, 6.45) is 4.34. The van der Waals surface area contributed by atoms with Crippen LogP contribution < -0.4 is 16.0 Å². The van der Waals surface area contributed by atoms with E-state index in [-0.39, 0.29) is 18.2 Å². The lowest BCUT2D eigenvalue weighted by molar-refractivity contribution is -0.116. The smallest absolute Gasteiger partial charge is 0.296 e. The Kier molecular flexibility index (Phi) is 5.88. The number of carbonyl (C=O) groups is 2. The summed E-state index contributed by atoms with van der Waals surface area (Å²) in [6, 6.07) is 0.798. The van der Waals surface area contributed by atoms with Gasteiger partial charge in [0.15, 0.2) is 0 Å². The first-order valence-corrected chi connectivity index (χ1v) is 10.7. The van der Waals surface area contributed by atoms with Crippen molar-refractivity contribution in [3.63, 3.8) is 0 Å². The number of nitrogens with one attached hydrogen (secondary N) is 2. The van der Waals surface area contributed by atoms with Gasteiger partial charge in [0.25, 0.3) is 11.8 Å². The van der Waals surface area contributed by atoms with Crippen LogP contribution in [0.4, 0.5) is 10.1 Å². The Hall–Kier alpha value is -3.05. The highest BCUT2D eigenvalue weighted by Gasteiger charge is 2.32. The molecule has 1 aliphatic heterocycles. The molecule has 1 aromatic carbocycles. The predicted octanol–water partition coefficient (Wildman–Crippen LogP) is 1.75. The van der Waals surface area contributed by atoms with Gasteiger partial charge in [-0.2, -0.15) is 0 Å². The Balaban J connectivity index is 1.82. The molecule has 2 aromatic rings. The molecule has 8 heteroatoms. The molecule has 2 atom stereocenters. The maximum absolute atomic E-state index is 15.5. The number of halogens is 1. The number of aliphatic hydroxyl groups is 1. The van der Waals surface area contributed by atoms with Gasteiger partial charge >= 0.3 is 0 Å². The summed E-state index contributed by atoms with van der Waals surface area (Å²) >= 11 is 0. The summed E-state index contributed by atoms with van der Waals surface area (Å²) in [4.78, 5) is 29.1. The van der Waals surface area contributed by atoms with E-state index in [0.717, 1.165) is 43.4 Å². The molecular formula is C23H27FN4O3. The van der Waals surface area contributed by atoms with Gasteiger partial charge in [-0.05, 0) is 56.6 Å². The number of aromatic amines is 1. The van der Waals surface area contributed by atoms with Crippen molar-refractivity contribution >= 4 is 28.4 Å². The monoisotopic (exact) mass is 426 g/mol. The number of hydrogen-bond acceptors (Lipinski definition) is 4. The number of β-amino-alcohol motifs (C(OH)–C–C–N with tert-alkyl or cyclic N) is 1. The second-order valence-corrected chi connectivity index (χ2v) is 8.35. The van der Waals surface area contributed by atoms with Crippen molar-refractivity contribution in [3.05, 3.63) is 28.7 Å². The Labute approximate surface area is 180 Å². The molecule has 0 saturated carbocycles. The number of primary amides is 1. The number of hydrogen-bond donors (Lipinski definition) is 4. The van der Waals surface area contributed by atoms with Crippen LogP contribution in [0.3, 0.4) is 0 Å². The van der Waals surface area contributed by atoms with Gasteiger partial charge in [0.2, 0.25) is 0 Å². The number of nitrogens with two attached hydrogens (primary N) is 1. The molecule has 1 fully saturated rings. The number of fused-ring (bicyclic) bond motifs is 3. The molecule has 1 saturated heterocycles. The summed E-state index contributed by atoms with van der Waals surface area (Å²) in [5.74, 6) is 3.32. The molecule has 5 N–H and O–H groups in total. The van der Waals surface area contributed by atoms with E-state index < -0.39 is 23.7 Å². The summed E-state index contributed by atoms with van der Waals surface area (Å²) < 4.78 is 15.5. The molecule has 1 aromatic heterocycles. The first-order valence-electron chi connectivity index (χ1n) is 10.7. The second-order valence-electron chi connectivity index (χ2n) is 8.35. The number of nitrogens with zero attached hydrogens (tertiary/aromatic N) is 1. The van der Waals surface area contributed by atoms with Gasteiger partial charge in [-0.3, -0.25) is 9.59 Å². The van der Waals surface area contributed by atoms with Crippen molar-refractivity contribution in [2.24, 2.45) is 5.73 Å². The molecule has 4 rings (SSSR count). The predicted molar refractivity (Wildman–Crippen MR) is 116 cm³/mol. The van der Waals surface area contributed by atoms with E-state index in [1.165, 1.54) is 6.07 Å². The Morgan fingerprint density at radius 2 is 2.06 bits per heavy atom. The largest absolute Gasteiger partial charge is 0.391 e. The maximum atomic E-state index is 15.5. The molecule has 2 aliphatic rings. The molecule has 164 valence electrons. The molecular weight excluding hydrogens is 399 g/mol. The van der Waals surface area contributed by atoms with E-state index in [1.54, 1.807) is 11.8 Å². The number of rotatable bonds is 3. The molecule has 0 unspecified atom stereocenters. The zero-order valence-corrected chi connectivity index (χ0v) is 17.6. The zero-order chi connectivity index (χ0) is 22.1. The second kappa shape index (κ2) is 8.60. The maximum Gasteiger partial charge on any atom is 0.296 e. The molecule has 0 bridgehead atoms. The number of H-pyrrole nitrogens is 1. The van der Waals surface area contributed by atoms with E-state index in [0.29, 0.717) is 29.6 Å². The number of anilines is 1. The van der Waals surface area contributed by atoms with Crippen LogP contribution in [0.2, 0.25) is 0 Å². The number of aryl methyl sites for hydroxylation is 2. The average molecular weight is 426 g/mol. The van der Waals surface area contributed by atoms with Gasteiger partial charge in [0.05, 0.1) is 22.9 Å². The fourth-order valence-electron chi connectivity index (χ4n) is 4.91. The third-order valence-electron chi connectivity index (χ3n) is 6.13. The van der Waals surface area contributed by atoms with Crippen LogP contribution in [0.15, 0.2) is 6.07 Å². The topological polar surface area (TPSA) is 111 Å². The van der Waals surface area contributed by atoms with Gasteiger partial charge < -0.3 is 26.0 Å². The summed E-state index contributed by atoms with van der Waals surface area (Å²) in [5.41, 5.74) is 8.61. The lowest BCUT2D eigenvalue weighted by atomic mass is 9.97. The van der Waals surface area contributed by atoms with E-state index >= 15 is 4.39 Å². The third-order valence-corrected chi connectivity index (χ3v) is 6.13. The lowest BCUT2D eigenvalue weighted by Gasteiger charge is -2.38. The minimum Gasteiger partial charge on any atom is -0.391 e. The number of benzene rings is 1. The Morgan fingerprint density at radius 1 is 1.29 bits per heavy atom. The third kappa shape index (κ3) is 4.10. The molecule has 2 amide bonds. The van der Waals surface area contributed by atoms with E-state index in [9.17, 15) is 14.7 Å². The summed E-state index contributed by atoms with van der Waals surface area (Å²) in [6.45, 7) is 2.13. The van der Waals surface area contributed by atoms with E-state index in [1.807, 2.05) is 0 Å². The van der Waals surface area contributed by atoms with Gasteiger partial charge in [0, 0.05) is 30.2 Å². The van der Waals surface area contributed by atoms with Crippen molar-refractivity contribution in [1.29, 1.82) is 0 Å². The first kappa shape index (κ1) is 21.2. The zero-order valence-electron chi connectivity index (χ0n) is 17.6.